The van der Waals surface area contributed by atoms with Crippen LogP contribution in [0.15, 0.2) is 23.1 Å². The van der Waals surface area contributed by atoms with Crippen molar-refractivity contribution < 1.29 is 22.8 Å². The van der Waals surface area contributed by atoms with Gasteiger partial charge in [-0.3, -0.25) is 9.63 Å². The van der Waals surface area contributed by atoms with Crippen molar-refractivity contribution in [1.29, 1.82) is 0 Å². The predicted molar refractivity (Wildman–Crippen MR) is 84.7 cm³/mol. The molecule has 1 aliphatic heterocycles. The fraction of sp³-hybridized carbons (Fsp3) is 0.500. The monoisotopic (exact) mass is 362 g/mol. The van der Waals surface area contributed by atoms with Crippen LogP contribution in [-0.4, -0.2) is 63.7 Å². The maximum Gasteiger partial charge on any atom is 0.266 e. The van der Waals surface area contributed by atoms with E-state index in [1.807, 2.05) is 6.92 Å². The number of carbonyl (C=O) groups is 1. The van der Waals surface area contributed by atoms with Gasteiger partial charge in [0.1, 0.15) is 4.90 Å². The van der Waals surface area contributed by atoms with Gasteiger partial charge in [0.15, 0.2) is 0 Å². The molecule has 7 nitrogen and oxygen atoms in total. The average molecular weight is 363 g/mol. The Kier molecular flexibility index (Phi) is 5.64. The Balaban J connectivity index is 2.39. The van der Waals surface area contributed by atoms with Crippen LogP contribution in [0.5, 0.6) is 0 Å². The Bertz CT molecular complexity index is 694. The van der Waals surface area contributed by atoms with Crippen LogP contribution < -0.4 is 0 Å². The molecule has 1 aromatic carbocycles. The van der Waals surface area contributed by atoms with Gasteiger partial charge in [-0.2, -0.15) is 0 Å². The number of hydroxylamine groups is 1. The van der Waals surface area contributed by atoms with Crippen molar-refractivity contribution in [3.63, 3.8) is 0 Å². The molecule has 1 aliphatic rings. The number of benzene rings is 1. The zero-order valence-electron chi connectivity index (χ0n) is 13.2. The molecule has 0 spiro atoms. The second-order valence-electron chi connectivity index (χ2n) is 5.17. The summed E-state index contributed by atoms with van der Waals surface area (Å²) in [5.41, 5.74) is 0.256. The van der Waals surface area contributed by atoms with E-state index in [9.17, 15) is 13.2 Å². The maximum atomic E-state index is 12.6. The number of halogens is 1. The van der Waals surface area contributed by atoms with E-state index < -0.39 is 10.0 Å². The van der Waals surface area contributed by atoms with Crippen molar-refractivity contribution >= 4 is 27.5 Å². The first-order valence-corrected chi connectivity index (χ1v) is 8.82. The Morgan fingerprint density at radius 1 is 1.48 bits per heavy atom. The normalized spacial score (nSPS) is 19.2. The number of carbonyl (C=O) groups excluding carboxylic acids is 1. The van der Waals surface area contributed by atoms with Gasteiger partial charge in [0, 0.05) is 19.2 Å². The van der Waals surface area contributed by atoms with E-state index in [0.717, 1.165) is 0 Å². The summed E-state index contributed by atoms with van der Waals surface area (Å²) in [6.07, 6.45) is 0. The molecule has 0 saturated carbocycles. The summed E-state index contributed by atoms with van der Waals surface area (Å²) >= 11 is 5.99. The van der Waals surface area contributed by atoms with Crippen molar-refractivity contribution in [1.82, 2.24) is 9.37 Å². The zero-order chi connectivity index (χ0) is 17.2. The standard InChI is InChI=1S/C14H19ClN2O5S/c1-10-9-22-7-6-17(10)14(18)11-4-5-12(15)13(8-11)23(19,20)16(2)21-3/h4-5,8,10H,6-7,9H2,1-3H3. The Morgan fingerprint density at radius 2 is 2.17 bits per heavy atom. The molecule has 0 aromatic heterocycles. The van der Waals surface area contributed by atoms with Gasteiger partial charge in [0.05, 0.1) is 31.4 Å². The van der Waals surface area contributed by atoms with E-state index in [1.165, 1.54) is 32.4 Å². The van der Waals surface area contributed by atoms with E-state index in [2.05, 4.69) is 0 Å². The molecule has 1 atom stereocenters. The lowest BCUT2D eigenvalue weighted by Gasteiger charge is -2.33. The SMILES string of the molecule is CON(C)S(=O)(=O)c1cc(C(=O)N2CCOCC2C)ccc1Cl. The Labute approximate surface area is 140 Å². The quantitative estimate of drug-likeness (QED) is 0.756. The molecule has 9 heteroatoms. The van der Waals surface area contributed by atoms with Gasteiger partial charge in [0.2, 0.25) is 0 Å². The van der Waals surface area contributed by atoms with Crippen LogP contribution in [0.2, 0.25) is 5.02 Å². The number of nitrogens with zero attached hydrogens (tertiary/aromatic N) is 2. The van der Waals surface area contributed by atoms with E-state index in [-0.39, 0.29) is 27.4 Å². The van der Waals surface area contributed by atoms with Crippen LogP contribution in [-0.2, 0) is 19.6 Å². The van der Waals surface area contributed by atoms with Crippen LogP contribution in [0.4, 0.5) is 0 Å². The fourth-order valence-corrected chi connectivity index (χ4v) is 3.74. The van der Waals surface area contributed by atoms with Gasteiger partial charge in [-0.05, 0) is 25.1 Å². The molecule has 1 heterocycles. The number of hydrogen-bond acceptors (Lipinski definition) is 5. The van der Waals surface area contributed by atoms with E-state index in [0.29, 0.717) is 24.2 Å². The van der Waals surface area contributed by atoms with Crippen molar-refractivity contribution in [2.24, 2.45) is 0 Å². The second kappa shape index (κ2) is 7.14. The highest BCUT2D eigenvalue weighted by Crippen LogP contribution is 2.26. The first-order valence-electron chi connectivity index (χ1n) is 7.00. The number of rotatable bonds is 4. The highest BCUT2D eigenvalue weighted by atomic mass is 35.5. The van der Waals surface area contributed by atoms with Crippen LogP contribution in [0.1, 0.15) is 17.3 Å². The summed E-state index contributed by atoms with van der Waals surface area (Å²) in [5.74, 6) is -0.256. The lowest BCUT2D eigenvalue weighted by molar-refractivity contribution is -0.0258. The number of amides is 1. The summed E-state index contributed by atoms with van der Waals surface area (Å²) in [4.78, 5) is 18.8. The largest absolute Gasteiger partial charge is 0.377 e. The number of ether oxygens (including phenoxy) is 1. The Hall–Kier alpha value is -1.19. The first kappa shape index (κ1) is 18.2. The van der Waals surface area contributed by atoms with E-state index in [1.54, 1.807) is 4.90 Å². The molecule has 0 radical (unpaired) electrons. The minimum absolute atomic E-state index is 0.0282. The first-order chi connectivity index (χ1) is 10.8. The summed E-state index contributed by atoms with van der Waals surface area (Å²) in [7, 11) is -1.45. The zero-order valence-corrected chi connectivity index (χ0v) is 14.7. The van der Waals surface area contributed by atoms with Crippen LogP contribution in [0.3, 0.4) is 0 Å². The van der Waals surface area contributed by atoms with Gasteiger partial charge in [0.25, 0.3) is 15.9 Å². The van der Waals surface area contributed by atoms with E-state index >= 15 is 0 Å². The third kappa shape index (κ3) is 3.67. The summed E-state index contributed by atoms with van der Waals surface area (Å²) in [6, 6.07) is 4.11. The molecule has 1 aromatic rings. The van der Waals surface area contributed by atoms with Gasteiger partial charge in [-0.25, -0.2) is 8.42 Å². The molecule has 1 fully saturated rings. The number of morpholine rings is 1. The molecule has 1 amide bonds. The molecule has 1 unspecified atom stereocenters. The third-order valence-corrected chi connectivity index (χ3v) is 5.84. The molecule has 128 valence electrons. The highest BCUT2D eigenvalue weighted by molar-refractivity contribution is 7.89. The fourth-order valence-electron chi connectivity index (χ4n) is 2.27. The molecule has 0 bridgehead atoms. The van der Waals surface area contributed by atoms with Crippen molar-refractivity contribution in [2.75, 3.05) is 33.9 Å². The number of sulfonamides is 1. The van der Waals surface area contributed by atoms with Crippen LogP contribution in [0, 0.1) is 0 Å². The average Bonchev–Trinajstić information content (AvgIpc) is 2.54. The molecular weight excluding hydrogens is 344 g/mol. The van der Waals surface area contributed by atoms with Gasteiger partial charge < -0.3 is 9.64 Å². The minimum Gasteiger partial charge on any atom is -0.377 e. The van der Waals surface area contributed by atoms with Gasteiger partial charge in [-0.15, -0.1) is 0 Å². The second-order valence-corrected chi connectivity index (χ2v) is 7.48. The smallest absolute Gasteiger partial charge is 0.266 e. The van der Waals surface area contributed by atoms with Crippen LogP contribution in [0.25, 0.3) is 0 Å². The van der Waals surface area contributed by atoms with Crippen LogP contribution >= 0.6 is 11.6 Å². The maximum absolute atomic E-state index is 12.6. The minimum atomic E-state index is -3.94. The summed E-state index contributed by atoms with van der Waals surface area (Å²) in [5, 5.41) is 0.0282. The predicted octanol–water partition coefficient (Wildman–Crippen LogP) is 1.38. The van der Waals surface area contributed by atoms with E-state index in [4.69, 9.17) is 21.2 Å². The molecule has 0 N–H and O–H groups in total. The lowest BCUT2D eigenvalue weighted by atomic mass is 10.1. The molecule has 1 saturated heterocycles. The molecule has 2 rings (SSSR count). The summed E-state index contributed by atoms with van der Waals surface area (Å²) < 4.78 is 30.7. The lowest BCUT2D eigenvalue weighted by Crippen LogP contribution is -2.47. The van der Waals surface area contributed by atoms with Crippen molar-refractivity contribution in [3.8, 4) is 0 Å². The number of hydrogen-bond donors (Lipinski definition) is 0. The summed E-state index contributed by atoms with van der Waals surface area (Å²) in [6.45, 7) is 3.25. The van der Waals surface area contributed by atoms with Crippen molar-refractivity contribution in [2.45, 2.75) is 17.9 Å². The topological polar surface area (TPSA) is 76.2 Å². The third-order valence-electron chi connectivity index (χ3n) is 3.68. The molecule has 23 heavy (non-hydrogen) atoms. The van der Waals surface area contributed by atoms with Crippen molar-refractivity contribution in [3.05, 3.63) is 28.8 Å². The van der Waals surface area contributed by atoms with Gasteiger partial charge in [-0.1, -0.05) is 16.1 Å². The molecular formula is C14H19ClN2O5S. The molecule has 0 aliphatic carbocycles. The highest BCUT2D eigenvalue weighted by Gasteiger charge is 2.28. The Morgan fingerprint density at radius 3 is 2.78 bits per heavy atom. The van der Waals surface area contributed by atoms with Gasteiger partial charge >= 0.3 is 0 Å².